The van der Waals surface area contributed by atoms with Crippen LogP contribution in [0.3, 0.4) is 0 Å². The number of hydrogen-bond acceptors (Lipinski definition) is 0. The van der Waals surface area contributed by atoms with E-state index in [1.165, 1.54) is 0 Å². The van der Waals surface area contributed by atoms with E-state index in [1.807, 2.05) is 0 Å². The first kappa shape index (κ1) is 9.11. The lowest BCUT2D eigenvalue weighted by atomic mass is 10.5. The molecule has 0 spiro atoms. The molecule has 0 aliphatic heterocycles. The van der Waals surface area contributed by atoms with E-state index in [0.29, 0.717) is 6.08 Å². The smallest absolute Gasteiger partial charge is 0.165 e. The Labute approximate surface area is 60.2 Å². The second-order valence-corrected chi connectivity index (χ2v) is 1.92. The van der Waals surface area contributed by atoms with Gasteiger partial charge in [0.25, 0.3) is 0 Å². The Bertz CT molecular complexity index is 115. The van der Waals surface area contributed by atoms with Gasteiger partial charge < -0.3 is 0 Å². The van der Waals surface area contributed by atoms with Gasteiger partial charge in [0.15, 0.2) is 0 Å². The van der Waals surface area contributed by atoms with Gasteiger partial charge in [-0.2, -0.15) is 13.2 Å². The van der Waals surface area contributed by atoms with Crippen LogP contribution in [0, 0.1) is 0 Å². The molecule has 0 fully saturated rings. The van der Waals surface area contributed by atoms with Crippen LogP contribution in [0.4, 0.5) is 13.2 Å². The highest BCUT2D eigenvalue weighted by Crippen LogP contribution is 2.28. The summed E-state index contributed by atoms with van der Waals surface area (Å²) in [6, 6.07) is 0. The zero-order chi connectivity index (χ0) is 7.49. The van der Waals surface area contributed by atoms with E-state index in [4.69, 9.17) is 23.2 Å². The molecule has 0 unspecified atom stereocenters. The molecule has 0 rings (SSSR count). The summed E-state index contributed by atoms with van der Waals surface area (Å²) in [5.74, 6) is -0.224. The molecule has 0 saturated carbocycles. The van der Waals surface area contributed by atoms with Gasteiger partial charge in [0.05, 0.1) is 0 Å². The van der Waals surface area contributed by atoms with Gasteiger partial charge in [0.2, 0.25) is 0 Å². The Morgan fingerprint density at radius 2 is 1.89 bits per heavy atom. The third-order valence-corrected chi connectivity index (χ3v) is 1.05. The minimum absolute atomic E-state index is 0.224. The molecule has 0 N–H and O–H groups in total. The average molecular weight is 179 g/mol. The molecule has 0 aliphatic carbocycles. The molecule has 54 valence electrons. The van der Waals surface area contributed by atoms with Crippen LogP contribution < -0.4 is 0 Å². The molecule has 0 saturated heterocycles. The Hall–Kier alpha value is 0.110. The van der Waals surface area contributed by atoms with Crippen molar-refractivity contribution in [1.82, 2.24) is 0 Å². The molecule has 0 nitrogen and oxygen atoms in total. The predicted molar refractivity (Wildman–Crippen MR) is 30.7 cm³/mol. The number of allylic oxidation sites excluding steroid dienone is 2. The van der Waals surface area contributed by atoms with Crippen LogP contribution in [0.15, 0.2) is 11.1 Å². The minimum Gasteiger partial charge on any atom is -0.165 e. The van der Waals surface area contributed by atoms with Crippen LogP contribution >= 0.6 is 23.2 Å². The SMILES string of the molecule is FC(F)(F)/C(Cl)=C/CCl. The van der Waals surface area contributed by atoms with Crippen LogP contribution in [0.5, 0.6) is 0 Å². The van der Waals surface area contributed by atoms with Gasteiger partial charge in [0.1, 0.15) is 5.03 Å². The van der Waals surface area contributed by atoms with Crippen LogP contribution in [0.2, 0.25) is 0 Å². The largest absolute Gasteiger partial charge is 0.426 e. The van der Waals surface area contributed by atoms with Crippen molar-refractivity contribution in [3.05, 3.63) is 11.1 Å². The van der Waals surface area contributed by atoms with Crippen molar-refractivity contribution in [3.8, 4) is 0 Å². The lowest BCUT2D eigenvalue weighted by Gasteiger charge is -2.01. The molecule has 0 radical (unpaired) electrons. The molecule has 0 amide bonds. The highest BCUT2D eigenvalue weighted by Gasteiger charge is 2.31. The Morgan fingerprint density at radius 3 is 2.00 bits per heavy atom. The highest BCUT2D eigenvalue weighted by molar-refractivity contribution is 6.31. The van der Waals surface area contributed by atoms with Gasteiger partial charge >= 0.3 is 6.18 Å². The molecule has 0 bridgehead atoms. The fourth-order valence-electron chi connectivity index (χ4n) is 0.183. The van der Waals surface area contributed by atoms with Gasteiger partial charge in [-0.25, -0.2) is 0 Å². The normalized spacial score (nSPS) is 14.1. The third-order valence-electron chi connectivity index (χ3n) is 0.527. The third kappa shape index (κ3) is 3.65. The van der Waals surface area contributed by atoms with Crippen LogP contribution in [0.1, 0.15) is 0 Å². The van der Waals surface area contributed by atoms with Gasteiger partial charge in [-0.15, -0.1) is 11.6 Å². The lowest BCUT2D eigenvalue weighted by Crippen LogP contribution is -2.06. The van der Waals surface area contributed by atoms with Crippen molar-refractivity contribution in [2.75, 3.05) is 5.88 Å². The standard InChI is InChI=1S/C4H3Cl2F3/c5-2-1-3(6)4(7,8)9/h1H,2H2/b3-1-. The van der Waals surface area contributed by atoms with Crippen molar-refractivity contribution < 1.29 is 13.2 Å². The van der Waals surface area contributed by atoms with Crippen molar-refractivity contribution in [2.24, 2.45) is 0 Å². The summed E-state index contributed by atoms with van der Waals surface area (Å²) in [6.45, 7) is 0. The average Bonchev–Trinajstić information content (AvgIpc) is 1.64. The fraction of sp³-hybridized carbons (Fsp3) is 0.500. The number of halogens is 5. The summed E-state index contributed by atoms with van der Waals surface area (Å²) in [4.78, 5) is 0. The monoisotopic (exact) mass is 178 g/mol. The van der Waals surface area contributed by atoms with Crippen LogP contribution in [-0.2, 0) is 0 Å². The predicted octanol–water partition coefficient (Wildman–Crippen LogP) is 2.91. The first-order valence-electron chi connectivity index (χ1n) is 1.97. The van der Waals surface area contributed by atoms with Crippen molar-refractivity contribution in [2.45, 2.75) is 6.18 Å². The Kier molecular flexibility index (Phi) is 3.36. The highest BCUT2D eigenvalue weighted by atomic mass is 35.5. The van der Waals surface area contributed by atoms with Crippen LogP contribution in [0.25, 0.3) is 0 Å². The van der Waals surface area contributed by atoms with E-state index in [9.17, 15) is 13.2 Å². The molecule has 0 atom stereocenters. The molecule has 0 aliphatic rings. The van der Waals surface area contributed by atoms with E-state index in [0.717, 1.165) is 0 Å². The van der Waals surface area contributed by atoms with Crippen molar-refractivity contribution >= 4 is 23.2 Å². The second-order valence-electron chi connectivity index (χ2n) is 1.20. The zero-order valence-electron chi connectivity index (χ0n) is 4.17. The van der Waals surface area contributed by atoms with E-state index in [-0.39, 0.29) is 5.88 Å². The maximum absolute atomic E-state index is 11.4. The molecule has 0 heterocycles. The first-order valence-corrected chi connectivity index (χ1v) is 2.88. The molecular weight excluding hydrogens is 176 g/mol. The van der Waals surface area contributed by atoms with Gasteiger partial charge in [-0.3, -0.25) is 0 Å². The summed E-state index contributed by atoms with van der Waals surface area (Å²) in [6.07, 6.45) is -3.75. The maximum Gasteiger partial charge on any atom is 0.426 e. The molecule has 0 aromatic heterocycles. The Morgan fingerprint density at radius 1 is 1.44 bits per heavy atom. The first-order chi connectivity index (χ1) is 3.98. The van der Waals surface area contributed by atoms with Crippen LogP contribution in [-0.4, -0.2) is 12.1 Å². The second kappa shape index (κ2) is 3.32. The summed E-state index contributed by atoms with van der Waals surface area (Å²) in [5, 5.41) is -1.17. The topological polar surface area (TPSA) is 0 Å². The molecule has 0 aromatic carbocycles. The van der Waals surface area contributed by atoms with Crippen molar-refractivity contribution in [3.63, 3.8) is 0 Å². The quantitative estimate of drug-likeness (QED) is 0.542. The van der Waals surface area contributed by atoms with Crippen molar-refractivity contribution in [1.29, 1.82) is 0 Å². The fourth-order valence-corrected chi connectivity index (χ4v) is 0.494. The molecular formula is C4H3Cl2F3. The minimum atomic E-state index is -4.45. The summed E-state index contributed by atoms with van der Waals surface area (Å²) < 4.78 is 34.1. The van der Waals surface area contributed by atoms with E-state index in [2.05, 4.69) is 0 Å². The number of rotatable bonds is 1. The van der Waals surface area contributed by atoms with E-state index >= 15 is 0 Å². The van der Waals surface area contributed by atoms with E-state index in [1.54, 1.807) is 0 Å². The number of alkyl halides is 4. The van der Waals surface area contributed by atoms with Gasteiger partial charge in [0, 0.05) is 5.88 Å². The lowest BCUT2D eigenvalue weighted by molar-refractivity contribution is -0.0846. The molecule has 9 heavy (non-hydrogen) atoms. The number of hydrogen-bond donors (Lipinski definition) is 0. The Balaban J connectivity index is 4.03. The van der Waals surface area contributed by atoms with E-state index < -0.39 is 11.2 Å². The summed E-state index contributed by atoms with van der Waals surface area (Å²) in [5.41, 5.74) is 0. The maximum atomic E-state index is 11.4. The molecule has 0 aromatic rings. The summed E-state index contributed by atoms with van der Waals surface area (Å²) in [7, 11) is 0. The zero-order valence-corrected chi connectivity index (χ0v) is 5.69. The van der Waals surface area contributed by atoms with Gasteiger partial charge in [-0.05, 0) is 6.08 Å². The molecule has 5 heteroatoms. The summed E-state index contributed by atoms with van der Waals surface area (Å²) >= 11 is 9.65. The van der Waals surface area contributed by atoms with Gasteiger partial charge in [-0.1, -0.05) is 11.6 Å².